The molecule has 7 heteroatoms. The number of fused-ring (bicyclic) bond motifs is 1. The molecule has 0 radical (unpaired) electrons. The van der Waals surface area contributed by atoms with Crippen molar-refractivity contribution >= 4 is 5.97 Å². The number of rotatable bonds is 15. The van der Waals surface area contributed by atoms with Crippen LogP contribution in [-0.2, 0) is 28.5 Å². The molecule has 0 bridgehead atoms. The van der Waals surface area contributed by atoms with E-state index >= 15 is 0 Å². The van der Waals surface area contributed by atoms with E-state index in [1.165, 1.54) is 32.8 Å². The summed E-state index contributed by atoms with van der Waals surface area (Å²) in [7, 11) is 1.27. The maximum atomic E-state index is 11.6. The Labute approximate surface area is 223 Å². The smallest absolute Gasteiger partial charge is 0.339 e. The SMILES string of the molecule is C=C(CCCC[C@@H]1[C@@H](C=CCCCCCC)[C@@H]2OC(C)(C)O[C@@H]2[C@@H]1OC1CCCCO1)C(O)C(=O)OC. The van der Waals surface area contributed by atoms with E-state index in [1.54, 1.807) is 0 Å². The Hall–Kier alpha value is -1.25. The zero-order chi connectivity index (χ0) is 26.8. The first-order chi connectivity index (χ1) is 17.8. The summed E-state index contributed by atoms with van der Waals surface area (Å²) in [5, 5.41) is 10.0. The van der Waals surface area contributed by atoms with Crippen LogP contribution >= 0.6 is 0 Å². The summed E-state index contributed by atoms with van der Waals surface area (Å²) in [4.78, 5) is 11.6. The summed E-state index contributed by atoms with van der Waals surface area (Å²) >= 11 is 0. The third-order valence-corrected chi connectivity index (χ3v) is 7.91. The zero-order valence-corrected chi connectivity index (χ0v) is 23.5. The van der Waals surface area contributed by atoms with Crippen LogP contribution in [-0.4, -0.2) is 61.3 Å². The molecule has 1 aliphatic carbocycles. The first-order valence-corrected chi connectivity index (χ1v) is 14.5. The quantitative estimate of drug-likeness (QED) is 0.164. The third-order valence-electron chi connectivity index (χ3n) is 7.91. The van der Waals surface area contributed by atoms with Gasteiger partial charge in [-0.05, 0) is 76.7 Å². The second-order valence-corrected chi connectivity index (χ2v) is 11.3. The fraction of sp³-hybridized carbons (Fsp3) is 0.833. The molecule has 2 aliphatic heterocycles. The molecule has 0 aromatic rings. The number of carbonyl (C=O) groups is 1. The van der Waals surface area contributed by atoms with E-state index in [2.05, 4.69) is 30.4 Å². The van der Waals surface area contributed by atoms with Crippen LogP contribution < -0.4 is 0 Å². The van der Waals surface area contributed by atoms with Crippen molar-refractivity contribution in [3.8, 4) is 0 Å². The lowest BCUT2D eigenvalue weighted by molar-refractivity contribution is -0.230. The van der Waals surface area contributed by atoms with Gasteiger partial charge in [0.05, 0.1) is 19.3 Å². The van der Waals surface area contributed by atoms with Crippen molar-refractivity contribution in [2.75, 3.05) is 13.7 Å². The van der Waals surface area contributed by atoms with Crippen molar-refractivity contribution in [2.24, 2.45) is 11.8 Å². The average molecular weight is 523 g/mol. The van der Waals surface area contributed by atoms with E-state index in [9.17, 15) is 9.90 Å². The van der Waals surface area contributed by atoms with Crippen LogP contribution in [0.5, 0.6) is 0 Å². The Kier molecular flexibility index (Phi) is 12.1. The molecule has 212 valence electrons. The Balaban J connectivity index is 1.68. The number of carbonyl (C=O) groups excluding carboxylic acids is 1. The lowest BCUT2D eigenvalue weighted by atomic mass is 9.87. The second kappa shape index (κ2) is 14.8. The highest BCUT2D eigenvalue weighted by molar-refractivity contribution is 5.77. The van der Waals surface area contributed by atoms with Gasteiger partial charge >= 0.3 is 5.97 Å². The van der Waals surface area contributed by atoms with Gasteiger partial charge in [-0.3, -0.25) is 0 Å². The molecule has 0 spiro atoms. The van der Waals surface area contributed by atoms with Gasteiger partial charge in [0, 0.05) is 12.5 Å². The normalized spacial score (nSPS) is 31.9. The molecule has 3 aliphatic rings. The number of methoxy groups -OCH3 is 1. The van der Waals surface area contributed by atoms with Crippen molar-refractivity contribution in [1.82, 2.24) is 0 Å². The Morgan fingerprint density at radius 1 is 1.14 bits per heavy atom. The van der Waals surface area contributed by atoms with E-state index in [0.717, 1.165) is 51.6 Å². The minimum absolute atomic E-state index is 0.0448. The number of hydrogen-bond acceptors (Lipinski definition) is 7. The predicted molar refractivity (Wildman–Crippen MR) is 143 cm³/mol. The molecule has 3 rings (SSSR count). The standard InChI is InChI=1S/C30H50O7/c1-6-7-8-9-10-11-17-23-22(18-13-12-16-21(2)25(31)29(32)33-5)26(35-24-19-14-15-20-34-24)28-27(23)36-30(3,4)37-28/h11,17,22-28,31H,2,6-10,12-16,18-20H2,1,3-5H3/t22-,23-,24?,25?,26-,27+,28-/m1/s1. The summed E-state index contributed by atoms with van der Waals surface area (Å²) in [6.07, 6.45) is 15.4. The van der Waals surface area contributed by atoms with E-state index in [4.69, 9.17) is 18.9 Å². The molecule has 0 amide bonds. The minimum Gasteiger partial charge on any atom is -0.467 e. The van der Waals surface area contributed by atoms with Crippen molar-refractivity contribution in [2.45, 2.75) is 134 Å². The first-order valence-electron chi connectivity index (χ1n) is 14.5. The average Bonchev–Trinajstić information content (AvgIpc) is 3.33. The van der Waals surface area contributed by atoms with Gasteiger partial charge in [-0.25, -0.2) is 4.79 Å². The van der Waals surface area contributed by atoms with Crippen LogP contribution in [0.25, 0.3) is 0 Å². The zero-order valence-electron chi connectivity index (χ0n) is 23.5. The van der Waals surface area contributed by atoms with Crippen molar-refractivity contribution < 1.29 is 33.6 Å². The number of hydrogen-bond donors (Lipinski definition) is 1. The highest BCUT2D eigenvalue weighted by atomic mass is 16.8. The van der Waals surface area contributed by atoms with Crippen molar-refractivity contribution in [1.29, 1.82) is 0 Å². The molecule has 3 fully saturated rings. The molecule has 2 saturated heterocycles. The predicted octanol–water partition coefficient (Wildman–Crippen LogP) is 5.84. The van der Waals surface area contributed by atoms with Crippen LogP contribution in [0.1, 0.15) is 97.8 Å². The third kappa shape index (κ3) is 8.62. The number of aliphatic hydroxyl groups excluding tert-OH is 1. The molecule has 7 nitrogen and oxygen atoms in total. The lowest BCUT2D eigenvalue weighted by Crippen LogP contribution is -2.39. The van der Waals surface area contributed by atoms with E-state index in [1.807, 2.05) is 13.8 Å². The lowest BCUT2D eigenvalue weighted by Gasteiger charge is -2.33. The van der Waals surface area contributed by atoms with Gasteiger partial charge in [0.25, 0.3) is 0 Å². The number of aliphatic hydroxyl groups is 1. The van der Waals surface area contributed by atoms with Crippen LogP contribution in [0.3, 0.4) is 0 Å². The highest BCUT2D eigenvalue weighted by Crippen LogP contribution is 2.49. The maximum Gasteiger partial charge on any atom is 0.339 e. The largest absolute Gasteiger partial charge is 0.467 e. The molecule has 0 aromatic heterocycles. The van der Waals surface area contributed by atoms with Crippen LogP contribution in [0.4, 0.5) is 0 Å². The number of allylic oxidation sites excluding steroid dienone is 1. The second-order valence-electron chi connectivity index (χ2n) is 11.3. The Morgan fingerprint density at radius 3 is 2.62 bits per heavy atom. The maximum absolute atomic E-state index is 11.6. The van der Waals surface area contributed by atoms with Gasteiger partial charge < -0.3 is 28.8 Å². The molecule has 2 heterocycles. The molecular weight excluding hydrogens is 472 g/mol. The first kappa shape index (κ1) is 30.3. The van der Waals surface area contributed by atoms with Crippen molar-refractivity contribution in [3.05, 3.63) is 24.3 Å². The van der Waals surface area contributed by atoms with Crippen LogP contribution in [0.15, 0.2) is 24.3 Å². The molecular formula is C30H50O7. The highest BCUT2D eigenvalue weighted by Gasteiger charge is 2.58. The van der Waals surface area contributed by atoms with E-state index < -0.39 is 17.9 Å². The van der Waals surface area contributed by atoms with Crippen LogP contribution in [0, 0.1) is 11.8 Å². The van der Waals surface area contributed by atoms with Gasteiger partial charge in [-0.15, -0.1) is 0 Å². The topological polar surface area (TPSA) is 83.5 Å². The van der Waals surface area contributed by atoms with Gasteiger partial charge in [0.2, 0.25) is 0 Å². The van der Waals surface area contributed by atoms with Gasteiger partial charge in [0.15, 0.2) is 18.2 Å². The summed E-state index contributed by atoms with van der Waals surface area (Å²) in [6.45, 7) is 10.8. The molecule has 37 heavy (non-hydrogen) atoms. The van der Waals surface area contributed by atoms with Gasteiger partial charge in [-0.1, -0.05) is 51.3 Å². The monoisotopic (exact) mass is 522 g/mol. The molecule has 7 atom stereocenters. The molecule has 1 N–H and O–H groups in total. The number of esters is 1. The van der Waals surface area contributed by atoms with Gasteiger partial charge in [0.1, 0.15) is 6.10 Å². The summed E-state index contributed by atoms with van der Waals surface area (Å²) in [5.74, 6) is -0.849. The summed E-state index contributed by atoms with van der Waals surface area (Å²) in [6, 6.07) is 0. The molecule has 2 unspecified atom stereocenters. The fourth-order valence-electron chi connectivity index (χ4n) is 5.95. The Bertz CT molecular complexity index is 742. The van der Waals surface area contributed by atoms with Crippen LogP contribution in [0.2, 0.25) is 0 Å². The van der Waals surface area contributed by atoms with Gasteiger partial charge in [-0.2, -0.15) is 0 Å². The van der Waals surface area contributed by atoms with E-state index in [0.29, 0.717) is 12.0 Å². The fourth-order valence-corrected chi connectivity index (χ4v) is 5.95. The number of unbranched alkanes of at least 4 members (excludes halogenated alkanes) is 5. The number of ether oxygens (including phenoxy) is 5. The molecule has 1 saturated carbocycles. The summed E-state index contributed by atoms with van der Waals surface area (Å²) in [5.41, 5.74) is 0.496. The minimum atomic E-state index is -1.26. The van der Waals surface area contributed by atoms with E-state index in [-0.39, 0.29) is 36.4 Å². The summed E-state index contributed by atoms with van der Waals surface area (Å²) < 4.78 is 30.1. The molecule has 0 aromatic carbocycles. The Morgan fingerprint density at radius 2 is 1.92 bits per heavy atom. The van der Waals surface area contributed by atoms with Crippen molar-refractivity contribution in [3.63, 3.8) is 0 Å².